The van der Waals surface area contributed by atoms with Crippen molar-refractivity contribution in [3.05, 3.63) is 22.9 Å². The molecule has 1 saturated carbocycles. The van der Waals surface area contributed by atoms with Gasteiger partial charge in [0.05, 0.1) is 24.4 Å². The van der Waals surface area contributed by atoms with Crippen molar-refractivity contribution in [3.63, 3.8) is 0 Å². The van der Waals surface area contributed by atoms with Crippen molar-refractivity contribution in [1.82, 2.24) is 4.98 Å². The number of fused-ring (bicyclic) bond motifs is 1. The zero-order valence-electron chi connectivity index (χ0n) is 10.9. The Hall–Kier alpha value is -1.10. The zero-order chi connectivity index (χ0) is 13.5. The highest BCUT2D eigenvalue weighted by Gasteiger charge is 2.55. The Kier molecular flexibility index (Phi) is 3.25. The van der Waals surface area contributed by atoms with Crippen LogP contribution >= 0.6 is 15.9 Å². The largest absolute Gasteiger partial charge is 0.469 e. The Morgan fingerprint density at radius 3 is 3.16 bits per heavy atom. The second kappa shape index (κ2) is 4.78. The van der Waals surface area contributed by atoms with E-state index >= 15 is 0 Å². The molecule has 0 bridgehead atoms. The SMILES string of the molecule is COC(=O)C12CCCC1CN(c1cncc(Br)c1)C2. The third-order valence-electron chi connectivity index (χ3n) is 4.52. The highest BCUT2D eigenvalue weighted by Crippen LogP contribution is 2.50. The van der Waals surface area contributed by atoms with Gasteiger partial charge in [0.2, 0.25) is 0 Å². The van der Waals surface area contributed by atoms with Gasteiger partial charge in [-0.2, -0.15) is 0 Å². The van der Waals surface area contributed by atoms with E-state index in [1.807, 2.05) is 6.20 Å². The van der Waals surface area contributed by atoms with E-state index in [-0.39, 0.29) is 11.4 Å². The van der Waals surface area contributed by atoms with Gasteiger partial charge in [0.1, 0.15) is 0 Å². The van der Waals surface area contributed by atoms with Gasteiger partial charge < -0.3 is 9.64 Å². The van der Waals surface area contributed by atoms with Gasteiger partial charge in [-0.25, -0.2) is 0 Å². The molecule has 102 valence electrons. The molecule has 1 saturated heterocycles. The van der Waals surface area contributed by atoms with Crippen molar-refractivity contribution in [1.29, 1.82) is 0 Å². The summed E-state index contributed by atoms with van der Waals surface area (Å²) in [6, 6.07) is 2.05. The third-order valence-corrected chi connectivity index (χ3v) is 4.95. The minimum Gasteiger partial charge on any atom is -0.469 e. The molecule has 1 aliphatic carbocycles. The smallest absolute Gasteiger partial charge is 0.313 e. The summed E-state index contributed by atoms with van der Waals surface area (Å²) in [5.74, 6) is 0.374. The molecule has 0 N–H and O–H groups in total. The molecular formula is C14H17BrN2O2. The summed E-state index contributed by atoms with van der Waals surface area (Å²) < 4.78 is 6.02. The van der Waals surface area contributed by atoms with Gasteiger partial charge in [0, 0.05) is 23.8 Å². The highest BCUT2D eigenvalue weighted by molar-refractivity contribution is 9.10. The van der Waals surface area contributed by atoms with Crippen molar-refractivity contribution >= 4 is 27.6 Å². The Balaban J connectivity index is 1.88. The number of hydrogen-bond acceptors (Lipinski definition) is 4. The lowest BCUT2D eigenvalue weighted by molar-refractivity contribution is -0.152. The topological polar surface area (TPSA) is 42.4 Å². The molecule has 1 aromatic heterocycles. The number of ether oxygens (including phenoxy) is 1. The first-order valence-corrected chi connectivity index (χ1v) is 7.39. The number of aromatic nitrogens is 1. The Labute approximate surface area is 121 Å². The Morgan fingerprint density at radius 1 is 1.58 bits per heavy atom. The molecule has 2 atom stereocenters. The lowest BCUT2D eigenvalue weighted by Gasteiger charge is -2.25. The summed E-state index contributed by atoms with van der Waals surface area (Å²) in [5.41, 5.74) is 0.781. The molecule has 0 radical (unpaired) electrons. The first-order valence-electron chi connectivity index (χ1n) is 6.59. The maximum atomic E-state index is 12.2. The fourth-order valence-electron chi connectivity index (χ4n) is 3.60. The molecule has 1 aliphatic heterocycles. The van der Waals surface area contributed by atoms with E-state index in [4.69, 9.17) is 4.74 Å². The minimum absolute atomic E-state index is 0.0412. The van der Waals surface area contributed by atoms with Crippen molar-refractivity contribution in [2.75, 3.05) is 25.1 Å². The van der Waals surface area contributed by atoms with Crippen LogP contribution < -0.4 is 4.90 Å². The fraction of sp³-hybridized carbons (Fsp3) is 0.571. The molecule has 2 unspecified atom stereocenters. The molecule has 2 fully saturated rings. The van der Waals surface area contributed by atoms with Crippen LogP contribution in [0.25, 0.3) is 0 Å². The molecule has 2 heterocycles. The van der Waals surface area contributed by atoms with Gasteiger partial charge in [0.15, 0.2) is 0 Å². The van der Waals surface area contributed by atoms with Gasteiger partial charge >= 0.3 is 5.97 Å². The first-order chi connectivity index (χ1) is 9.15. The Morgan fingerprint density at radius 2 is 2.42 bits per heavy atom. The summed E-state index contributed by atoms with van der Waals surface area (Å²) in [5, 5.41) is 0. The third kappa shape index (κ3) is 2.04. The fourth-order valence-corrected chi connectivity index (χ4v) is 3.95. The standard InChI is InChI=1S/C14H17BrN2O2/c1-19-13(18)14-4-2-3-10(14)8-17(9-14)12-5-11(15)6-16-7-12/h5-7,10H,2-4,8-9H2,1H3. The molecule has 3 rings (SSSR count). The second-order valence-electron chi connectivity index (χ2n) is 5.48. The molecular weight excluding hydrogens is 308 g/mol. The van der Waals surface area contributed by atoms with E-state index in [9.17, 15) is 4.79 Å². The number of nitrogens with zero attached hydrogens (tertiary/aromatic N) is 2. The van der Waals surface area contributed by atoms with E-state index in [2.05, 4.69) is 31.9 Å². The summed E-state index contributed by atoms with van der Waals surface area (Å²) in [6.45, 7) is 1.68. The maximum absolute atomic E-state index is 12.2. The van der Waals surface area contributed by atoms with Crippen LogP contribution in [0.5, 0.6) is 0 Å². The van der Waals surface area contributed by atoms with Crippen molar-refractivity contribution in [2.45, 2.75) is 19.3 Å². The van der Waals surface area contributed by atoms with Crippen LogP contribution in [-0.4, -0.2) is 31.2 Å². The van der Waals surface area contributed by atoms with Crippen LogP contribution in [0.15, 0.2) is 22.9 Å². The van der Waals surface area contributed by atoms with Crippen LogP contribution in [0, 0.1) is 11.3 Å². The zero-order valence-corrected chi connectivity index (χ0v) is 12.5. The molecule has 0 spiro atoms. The lowest BCUT2D eigenvalue weighted by atomic mass is 9.81. The summed E-state index contributed by atoms with van der Waals surface area (Å²) in [4.78, 5) is 18.7. The number of rotatable bonds is 2. The minimum atomic E-state index is -0.295. The van der Waals surface area contributed by atoms with E-state index in [0.717, 1.165) is 42.5 Å². The van der Waals surface area contributed by atoms with Crippen molar-refractivity contribution < 1.29 is 9.53 Å². The van der Waals surface area contributed by atoms with Gasteiger partial charge in [-0.05, 0) is 40.8 Å². The normalized spacial score (nSPS) is 29.4. The van der Waals surface area contributed by atoms with Crippen LogP contribution in [0.2, 0.25) is 0 Å². The van der Waals surface area contributed by atoms with E-state index in [0.29, 0.717) is 5.92 Å². The summed E-state index contributed by atoms with van der Waals surface area (Å²) in [7, 11) is 1.50. The predicted molar refractivity (Wildman–Crippen MR) is 75.9 cm³/mol. The van der Waals surface area contributed by atoms with Gasteiger partial charge in [0.25, 0.3) is 0 Å². The van der Waals surface area contributed by atoms with Crippen LogP contribution in [0.4, 0.5) is 5.69 Å². The van der Waals surface area contributed by atoms with Gasteiger partial charge in [-0.1, -0.05) is 6.42 Å². The second-order valence-corrected chi connectivity index (χ2v) is 6.39. The monoisotopic (exact) mass is 324 g/mol. The number of hydrogen-bond donors (Lipinski definition) is 0. The molecule has 0 aromatic carbocycles. The number of carbonyl (C=O) groups is 1. The van der Waals surface area contributed by atoms with Crippen LogP contribution in [0.1, 0.15) is 19.3 Å². The van der Waals surface area contributed by atoms with Gasteiger partial charge in [-0.15, -0.1) is 0 Å². The first kappa shape index (κ1) is 12.9. The number of anilines is 1. The molecule has 19 heavy (non-hydrogen) atoms. The number of methoxy groups -OCH3 is 1. The van der Waals surface area contributed by atoms with Crippen LogP contribution in [0.3, 0.4) is 0 Å². The number of carbonyl (C=O) groups excluding carboxylic acids is 1. The maximum Gasteiger partial charge on any atom is 0.313 e. The molecule has 2 aliphatic rings. The van der Waals surface area contributed by atoms with Crippen LogP contribution in [-0.2, 0) is 9.53 Å². The number of esters is 1. The number of pyridine rings is 1. The van der Waals surface area contributed by atoms with Crippen molar-refractivity contribution in [3.8, 4) is 0 Å². The van der Waals surface area contributed by atoms with E-state index < -0.39 is 0 Å². The summed E-state index contributed by atoms with van der Waals surface area (Å²) >= 11 is 3.45. The quantitative estimate of drug-likeness (QED) is 0.784. The molecule has 4 nitrogen and oxygen atoms in total. The predicted octanol–water partition coefficient (Wildman–Crippen LogP) is 2.62. The average Bonchev–Trinajstić information content (AvgIpc) is 2.95. The van der Waals surface area contributed by atoms with Crippen molar-refractivity contribution in [2.24, 2.45) is 11.3 Å². The van der Waals surface area contributed by atoms with E-state index in [1.165, 1.54) is 7.11 Å². The number of halogens is 1. The average molecular weight is 325 g/mol. The highest BCUT2D eigenvalue weighted by atomic mass is 79.9. The summed E-state index contributed by atoms with van der Waals surface area (Å²) in [6.07, 6.45) is 6.83. The molecule has 5 heteroatoms. The van der Waals surface area contributed by atoms with Gasteiger partial charge in [-0.3, -0.25) is 9.78 Å². The lowest BCUT2D eigenvalue weighted by Crippen LogP contribution is -2.36. The molecule has 1 aromatic rings. The Bertz CT molecular complexity index is 508. The molecule has 0 amide bonds. The van der Waals surface area contributed by atoms with E-state index in [1.54, 1.807) is 6.20 Å².